The molecule has 26 heavy (non-hydrogen) atoms. The van der Waals surface area contributed by atoms with Gasteiger partial charge in [-0.2, -0.15) is 0 Å². The van der Waals surface area contributed by atoms with E-state index in [2.05, 4.69) is 0 Å². The topological polar surface area (TPSA) is 74.6 Å². The summed E-state index contributed by atoms with van der Waals surface area (Å²) in [5, 5.41) is 20.3. The lowest BCUT2D eigenvalue weighted by molar-refractivity contribution is -0.185. The van der Waals surface area contributed by atoms with Crippen LogP contribution in [-0.2, 0) is 9.59 Å². The second-order valence-electron chi connectivity index (χ2n) is 8.70. The maximum atomic E-state index is 16.7. The van der Waals surface area contributed by atoms with Crippen molar-refractivity contribution in [2.45, 2.75) is 51.3 Å². The summed E-state index contributed by atoms with van der Waals surface area (Å²) in [6.45, 7) is 3.13. The van der Waals surface area contributed by atoms with Crippen LogP contribution in [0.5, 0.6) is 0 Å². The standard InChI is InChI=1S/C21H25FO4/c1-19-10-18(26)21(22)15(14(19)5-6-16(19)17(25)11-23)4-3-12-9-13(24)7-8-20(12,21)2/h6-9,14-15,18,23,26H,3-5,10-11H2,1-2H3/t14-,15-,18-,19-,20-,21?/m0/s1. The van der Waals surface area contributed by atoms with Crippen LogP contribution in [-0.4, -0.2) is 40.2 Å². The minimum absolute atomic E-state index is 0.0918. The first-order chi connectivity index (χ1) is 12.2. The predicted molar refractivity (Wildman–Crippen MR) is 93.9 cm³/mol. The Morgan fingerprint density at radius 1 is 1.35 bits per heavy atom. The summed E-state index contributed by atoms with van der Waals surface area (Å²) < 4.78 is 16.7. The zero-order valence-corrected chi connectivity index (χ0v) is 15.2. The summed E-state index contributed by atoms with van der Waals surface area (Å²) in [6, 6.07) is 0. The Kier molecular flexibility index (Phi) is 3.74. The second-order valence-corrected chi connectivity index (χ2v) is 8.70. The number of aliphatic hydroxyl groups excluding tert-OH is 2. The van der Waals surface area contributed by atoms with Crippen molar-refractivity contribution < 1.29 is 24.2 Å². The number of rotatable bonds is 2. The summed E-state index contributed by atoms with van der Waals surface area (Å²) in [7, 11) is 0. The molecule has 0 aromatic rings. The van der Waals surface area contributed by atoms with Crippen LogP contribution in [0.2, 0.25) is 0 Å². The average molecular weight is 360 g/mol. The van der Waals surface area contributed by atoms with Crippen molar-refractivity contribution in [1.29, 1.82) is 0 Å². The van der Waals surface area contributed by atoms with E-state index in [-0.39, 0.29) is 23.9 Å². The number of carbonyl (C=O) groups excluding carboxylic acids is 2. The molecule has 4 nitrogen and oxygen atoms in total. The Balaban J connectivity index is 1.79. The molecule has 1 unspecified atom stereocenters. The van der Waals surface area contributed by atoms with E-state index in [0.29, 0.717) is 24.8 Å². The SMILES string of the molecule is C[C@]12C=CC(=O)C=C1CC[C@H]1[C@@H]3CC=C(C(=O)CO)[C@@]3(C)C[C@H](O)C12F. The molecule has 4 rings (SSSR count). The third-order valence-electron chi connectivity index (χ3n) is 7.67. The summed E-state index contributed by atoms with van der Waals surface area (Å²) in [4.78, 5) is 24.0. The summed E-state index contributed by atoms with van der Waals surface area (Å²) in [6.07, 6.45) is 7.03. The quantitative estimate of drug-likeness (QED) is 0.793. The number of hydrogen-bond acceptors (Lipinski definition) is 4. The molecule has 6 atom stereocenters. The lowest BCUT2D eigenvalue weighted by atomic mass is 9.45. The number of halogens is 1. The molecule has 4 aliphatic carbocycles. The number of Topliss-reactive ketones (excluding diaryl/α,β-unsaturated/α-hetero) is 1. The molecule has 0 aliphatic heterocycles. The zero-order chi connectivity index (χ0) is 18.9. The number of hydrogen-bond donors (Lipinski definition) is 2. The highest BCUT2D eigenvalue weighted by Gasteiger charge is 2.69. The average Bonchev–Trinajstić information content (AvgIpc) is 2.93. The first-order valence-electron chi connectivity index (χ1n) is 9.34. The summed E-state index contributed by atoms with van der Waals surface area (Å²) in [5.41, 5.74) is -2.21. The van der Waals surface area contributed by atoms with E-state index < -0.39 is 35.1 Å². The molecule has 5 heteroatoms. The van der Waals surface area contributed by atoms with Gasteiger partial charge in [-0.05, 0) is 56.3 Å². The zero-order valence-electron chi connectivity index (χ0n) is 15.2. The van der Waals surface area contributed by atoms with E-state index in [0.717, 1.165) is 5.57 Å². The van der Waals surface area contributed by atoms with Crippen molar-refractivity contribution in [3.8, 4) is 0 Å². The van der Waals surface area contributed by atoms with Gasteiger partial charge in [-0.25, -0.2) is 4.39 Å². The number of ketones is 2. The molecule has 140 valence electrons. The summed E-state index contributed by atoms with van der Waals surface area (Å²) >= 11 is 0. The summed E-state index contributed by atoms with van der Waals surface area (Å²) in [5.74, 6) is -0.963. The van der Waals surface area contributed by atoms with E-state index in [1.807, 2.05) is 13.0 Å². The van der Waals surface area contributed by atoms with Crippen LogP contribution >= 0.6 is 0 Å². The van der Waals surface area contributed by atoms with Gasteiger partial charge in [0, 0.05) is 16.7 Å². The fourth-order valence-corrected chi connectivity index (χ4v) is 6.30. The van der Waals surface area contributed by atoms with E-state index >= 15 is 4.39 Å². The molecule has 0 spiro atoms. The molecule has 2 N–H and O–H groups in total. The Morgan fingerprint density at radius 2 is 2.08 bits per heavy atom. The van der Waals surface area contributed by atoms with Gasteiger partial charge in [-0.3, -0.25) is 9.59 Å². The van der Waals surface area contributed by atoms with Crippen LogP contribution in [0, 0.1) is 22.7 Å². The lowest BCUT2D eigenvalue weighted by Crippen LogP contribution is -2.66. The Bertz CT molecular complexity index is 781. The van der Waals surface area contributed by atoms with Crippen molar-refractivity contribution in [3.63, 3.8) is 0 Å². The third-order valence-corrected chi connectivity index (χ3v) is 7.67. The van der Waals surface area contributed by atoms with Crippen LogP contribution in [0.1, 0.15) is 39.5 Å². The highest BCUT2D eigenvalue weighted by atomic mass is 19.1. The number of carbonyl (C=O) groups is 2. The van der Waals surface area contributed by atoms with Crippen molar-refractivity contribution in [2.24, 2.45) is 22.7 Å². The van der Waals surface area contributed by atoms with Crippen LogP contribution in [0.15, 0.2) is 35.5 Å². The lowest BCUT2D eigenvalue weighted by Gasteiger charge is -2.61. The Labute approximate surface area is 152 Å². The Morgan fingerprint density at radius 3 is 2.77 bits per heavy atom. The Hall–Kier alpha value is -1.59. The van der Waals surface area contributed by atoms with Crippen molar-refractivity contribution in [3.05, 3.63) is 35.5 Å². The minimum Gasteiger partial charge on any atom is -0.390 e. The first-order valence-corrected chi connectivity index (χ1v) is 9.34. The van der Waals surface area contributed by atoms with Gasteiger partial charge in [0.05, 0.1) is 6.10 Å². The minimum atomic E-state index is -1.87. The molecule has 0 radical (unpaired) electrons. The number of fused-ring (bicyclic) bond motifs is 5. The molecule has 2 fully saturated rings. The van der Waals surface area contributed by atoms with Gasteiger partial charge >= 0.3 is 0 Å². The van der Waals surface area contributed by atoms with E-state index in [1.165, 1.54) is 12.2 Å². The van der Waals surface area contributed by atoms with Crippen LogP contribution in [0.4, 0.5) is 4.39 Å². The molecular weight excluding hydrogens is 335 g/mol. The van der Waals surface area contributed by atoms with Gasteiger partial charge in [-0.15, -0.1) is 0 Å². The van der Waals surface area contributed by atoms with Gasteiger partial charge in [0.1, 0.15) is 6.61 Å². The van der Waals surface area contributed by atoms with E-state index in [1.54, 1.807) is 13.0 Å². The number of allylic oxidation sites excluding steroid dienone is 5. The van der Waals surface area contributed by atoms with Gasteiger partial charge in [0.15, 0.2) is 17.2 Å². The molecule has 4 aliphatic rings. The first kappa shape index (κ1) is 17.8. The maximum Gasteiger partial charge on any atom is 0.184 e. The van der Waals surface area contributed by atoms with Crippen molar-refractivity contribution in [2.75, 3.05) is 6.61 Å². The maximum absolute atomic E-state index is 16.7. The van der Waals surface area contributed by atoms with Gasteiger partial charge in [0.2, 0.25) is 0 Å². The molecule has 0 aromatic carbocycles. The fraction of sp³-hybridized carbons (Fsp3) is 0.619. The van der Waals surface area contributed by atoms with Gasteiger partial charge in [-0.1, -0.05) is 24.6 Å². The smallest absolute Gasteiger partial charge is 0.184 e. The molecular formula is C21H25FO4. The third kappa shape index (κ3) is 1.96. The van der Waals surface area contributed by atoms with Crippen LogP contribution in [0.3, 0.4) is 0 Å². The largest absolute Gasteiger partial charge is 0.390 e. The molecule has 0 aromatic heterocycles. The molecule has 0 heterocycles. The van der Waals surface area contributed by atoms with Crippen molar-refractivity contribution in [1.82, 2.24) is 0 Å². The van der Waals surface area contributed by atoms with Crippen LogP contribution in [0.25, 0.3) is 0 Å². The number of aliphatic hydroxyl groups is 2. The van der Waals surface area contributed by atoms with Gasteiger partial charge in [0.25, 0.3) is 0 Å². The van der Waals surface area contributed by atoms with E-state index in [4.69, 9.17) is 0 Å². The highest BCUT2D eigenvalue weighted by Crippen LogP contribution is 2.67. The van der Waals surface area contributed by atoms with Gasteiger partial charge < -0.3 is 10.2 Å². The molecule has 0 saturated heterocycles. The number of alkyl halides is 1. The normalized spacial score (nSPS) is 46.8. The van der Waals surface area contributed by atoms with Crippen LogP contribution < -0.4 is 0 Å². The predicted octanol–water partition coefficient (Wildman–Crippen LogP) is 2.45. The van der Waals surface area contributed by atoms with E-state index in [9.17, 15) is 19.8 Å². The molecule has 0 amide bonds. The van der Waals surface area contributed by atoms with Crippen molar-refractivity contribution >= 4 is 11.6 Å². The second kappa shape index (κ2) is 5.46. The fourth-order valence-electron chi connectivity index (χ4n) is 6.30. The molecule has 0 bridgehead atoms. The molecule has 2 saturated carbocycles. The monoisotopic (exact) mass is 360 g/mol. The highest BCUT2D eigenvalue weighted by molar-refractivity contribution is 6.01.